The average Bonchev–Trinajstić information content (AvgIpc) is 2.91. The minimum absolute atomic E-state index is 0.0543. The number of ether oxygens (including phenoxy) is 2. The molecule has 2 rings (SSSR count). The van der Waals surface area contributed by atoms with E-state index in [0.29, 0.717) is 36.5 Å². The van der Waals surface area contributed by atoms with Gasteiger partial charge in [-0.25, -0.2) is 0 Å². The van der Waals surface area contributed by atoms with E-state index < -0.39 is 0 Å². The van der Waals surface area contributed by atoms with Gasteiger partial charge in [0, 0.05) is 16.6 Å². The molecule has 1 aromatic carbocycles. The van der Waals surface area contributed by atoms with Crippen LogP contribution in [0.15, 0.2) is 32.9 Å². The lowest BCUT2D eigenvalue weighted by molar-refractivity contribution is -0.116. The summed E-state index contributed by atoms with van der Waals surface area (Å²) in [6.45, 7) is 3.61. The third kappa shape index (κ3) is 5.43. The molecule has 0 bridgehead atoms. The predicted molar refractivity (Wildman–Crippen MR) is 91.8 cm³/mol. The zero-order valence-electron chi connectivity index (χ0n) is 12.0. The van der Waals surface area contributed by atoms with Crippen molar-refractivity contribution in [3.63, 3.8) is 0 Å². The third-order valence-corrected chi connectivity index (χ3v) is 3.95. The van der Waals surface area contributed by atoms with Crippen LogP contribution in [0.25, 0.3) is 0 Å². The van der Waals surface area contributed by atoms with Gasteiger partial charge in [-0.05, 0) is 25.1 Å². The lowest BCUT2D eigenvalue weighted by Gasteiger charge is -2.09. The molecule has 118 valence electrons. The Hall–Kier alpha value is -1.38. The molecule has 1 saturated heterocycles. The van der Waals surface area contributed by atoms with Crippen molar-refractivity contribution in [3.05, 3.63) is 28.2 Å². The molecule has 1 heterocycles. The third-order valence-electron chi connectivity index (χ3n) is 2.59. The minimum Gasteiger partial charge on any atom is -0.491 e. The monoisotopic (exact) mass is 385 g/mol. The van der Waals surface area contributed by atoms with E-state index in [9.17, 15) is 4.79 Å². The molecular formula is C14H16BrN3O3S. The molecule has 0 radical (unpaired) electrons. The van der Waals surface area contributed by atoms with E-state index in [0.717, 1.165) is 10.0 Å². The normalized spacial score (nSPS) is 16.5. The highest BCUT2D eigenvalue weighted by molar-refractivity contribution is 9.10. The molecule has 1 N–H and O–H groups in total. The molecule has 0 spiro atoms. The van der Waals surface area contributed by atoms with Crippen molar-refractivity contribution in [2.75, 3.05) is 25.6 Å². The molecular weight excluding hydrogens is 370 g/mol. The molecule has 8 heteroatoms. The van der Waals surface area contributed by atoms with E-state index in [1.54, 1.807) is 6.21 Å². The highest BCUT2D eigenvalue weighted by Gasteiger charge is 2.15. The Labute approximate surface area is 141 Å². The molecule has 1 fully saturated rings. The summed E-state index contributed by atoms with van der Waals surface area (Å²) in [5.74, 6) is 1.04. The first-order valence-electron chi connectivity index (χ1n) is 6.73. The first kappa shape index (κ1) is 17.0. The second-order valence-electron chi connectivity index (χ2n) is 4.21. The average molecular weight is 386 g/mol. The number of benzene rings is 1. The van der Waals surface area contributed by atoms with Crippen molar-refractivity contribution in [3.8, 4) is 5.75 Å². The maximum Gasteiger partial charge on any atom is 0.236 e. The van der Waals surface area contributed by atoms with Gasteiger partial charge in [-0.2, -0.15) is 5.10 Å². The molecule has 1 aliphatic rings. The number of nitrogens with one attached hydrogen (secondary N) is 1. The van der Waals surface area contributed by atoms with Gasteiger partial charge in [0.05, 0.1) is 18.6 Å². The van der Waals surface area contributed by atoms with Gasteiger partial charge in [-0.3, -0.25) is 4.79 Å². The first-order chi connectivity index (χ1) is 10.7. The summed E-state index contributed by atoms with van der Waals surface area (Å²) in [6, 6.07) is 5.64. The molecule has 0 aliphatic carbocycles. The van der Waals surface area contributed by atoms with Gasteiger partial charge < -0.3 is 14.8 Å². The lowest BCUT2D eigenvalue weighted by atomic mass is 10.2. The number of nitrogens with zero attached hydrogens (tertiary/aromatic N) is 2. The molecule has 1 amide bonds. The second-order valence-corrected chi connectivity index (χ2v) is 6.09. The Morgan fingerprint density at radius 2 is 2.32 bits per heavy atom. The molecule has 1 aromatic rings. The van der Waals surface area contributed by atoms with E-state index in [1.165, 1.54) is 11.8 Å². The Morgan fingerprint density at radius 1 is 1.45 bits per heavy atom. The van der Waals surface area contributed by atoms with Gasteiger partial charge in [0.25, 0.3) is 0 Å². The zero-order chi connectivity index (χ0) is 15.8. The fourth-order valence-electron chi connectivity index (χ4n) is 1.63. The topological polar surface area (TPSA) is 72.3 Å². The number of thioether (sulfide) groups is 1. The molecule has 0 aromatic heterocycles. The number of amides is 1. The number of carbonyl (C=O) groups excluding carboxylic acids is 1. The Morgan fingerprint density at radius 3 is 3.05 bits per heavy atom. The van der Waals surface area contributed by atoms with Crippen LogP contribution < -0.4 is 10.1 Å². The predicted octanol–water partition coefficient (Wildman–Crippen LogP) is 2.42. The smallest absolute Gasteiger partial charge is 0.236 e. The molecule has 22 heavy (non-hydrogen) atoms. The molecule has 1 aliphatic heterocycles. The summed E-state index contributed by atoms with van der Waals surface area (Å²) in [4.78, 5) is 11.1. The number of amidine groups is 1. The van der Waals surface area contributed by atoms with Crippen LogP contribution in [0.2, 0.25) is 0 Å². The van der Waals surface area contributed by atoms with Crippen LogP contribution in [0.4, 0.5) is 0 Å². The SMILES string of the molecule is CCOCCOc1ccc(Br)cc1C=NN=C1NC(=O)CS1. The van der Waals surface area contributed by atoms with Gasteiger partial charge in [0.15, 0.2) is 5.17 Å². The molecule has 0 saturated carbocycles. The highest BCUT2D eigenvalue weighted by atomic mass is 79.9. The highest BCUT2D eigenvalue weighted by Crippen LogP contribution is 2.22. The van der Waals surface area contributed by atoms with E-state index in [1.807, 2.05) is 25.1 Å². The first-order valence-corrected chi connectivity index (χ1v) is 8.50. The van der Waals surface area contributed by atoms with Gasteiger partial charge in [-0.15, -0.1) is 5.10 Å². The fraction of sp³-hybridized carbons (Fsp3) is 0.357. The lowest BCUT2D eigenvalue weighted by Crippen LogP contribution is -2.19. The van der Waals surface area contributed by atoms with Crippen LogP contribution in [-0.4, -0.2) is 42.9 Å². The van der Waals surface area contributed by atoms with Crippen molar-refractivity contribution >= 4 is 45.0 Å². The molecule has 0 unspecified atom stereocenters. The van der Waals surface area contributed by atoms with Crippen LogP contribution in [-0.2, 0) is 9.53 Å². The summed E-state index contributed by atoms with van der Waals surface area (Å²) in [6.07, 6.45) is 1.60. The summed E-state index contributed by atoms with van der Waals surface area (Å²) < 4.78 is 11.8. The van der Waals surface area contributed by atoms with Crippen LogP contribution >= 0.6 is 27.7 Å². The summed E-state index contributed by atoms with van der Waals surface area (Å²) in [5.41, 5.74) is 0.796. The maximum absolute atomic E-state index is 11.1. The van der Waals surface area contributed by atoms with Crippen molar-refractivity contribution in [1.82, 2.24) is 5.32 Å². The molecule has 6 nitrogen and oxygen atoms in total. The van der Waals surface area contributed by atoms with Crippen molar-refractivity contribution in [1.29, 1.82) is 0 Å². The zero-order valence-corrected chi connectivity index (χ0v) is 14.4. The van der Waals surface area contributed by atoms with Gasteiger partial charge in [0.1, 0.15) is 12.4 Å². The minimum atomic E-state index is -0.0543. The quantitative estimate of drug-likeness (QED) is 0.444. The number of hydrogen-bond donors (Lipinski definition) is 1. The summed E-state index contributed by atoms with van der Waals surface area (Å²) >= 11 is 4.75. The summed E-state index contributed by atoms with van der Waals surface area (Å²) in [7, 11) is 0. The van der Waals surface area contributed by atoms with Crippen LogP contribution in [0.1, 0.15) is 12.5 Å². The van der Waals surface area contributed by atoms with Gasteiger partial charge in [-0.1, -0.05) is 27.7 Å². The van der Waals surface area contributed by atoms with E-state index in [-0.39, 0.29) is 5.91 Å². The summed E-state index contributed by atoms with van der Waals surface area (Å²) in [5, 5.41) is 11.1. The van der Waals surface area contributed by atoms with Crippen molar-refractivity contribution < 1.29 is 14.3 Å². The number of halogens is 1. The van der Waals surface area contributed by atoms with Crippen LogP contribution in [0, 0.1) is 0 Å². The van der Waals surface area contributed by atoms with Crippen LogP contribution in [0.5, 0.6) is 5.75 Å². The number of rotatable bonds is 7. The van der Waals surface area contributed by atoms with Crippen LogP contribution in [0.3, 0.4) is 0 Å². The number of hydrogen-bond acceptors (Lipinski definition) is 6. The van der Waals surface area contributed by atoms with Crippen molar-refractivity contribution in [2.24, 2.45) is 10.2 Å². The van der Waals surface area contributed by atoms with E-state index >= 15 is 0 Å². The molecule has 0 atom stereocenters. The second kappa shape index (κ2) is 8.92. The largest absolute Gasteiger partial charge is 0.491 e. The Balaban J connectivity index is 2.01. The number of carbonyl (C=O) groups is 1. The standard InChI is InChI=1S/C14H16BrN3O3S/c1-2-20-5-6-21-12-4-3-11(15)7-10(12)8-16-18-14-17-13(19)9-22-14/h3-4,7-8H,2,5-6,9H2,1H3,(H,17,18,19). The van der Waals surface area contributed by atoms with E-state index in [4.69, 9.17) is 9.47 Å². The van der Waals surface area contributed by atoms with Gasteiger partial charge in [0.2, 0.25) is 5.91 Å². The Kier molecular flexibility index (Phi) is 6.88. The Bertz CT molecular complexity index is 593. The van der Waals surface area contributed by atoms with E-state index in [2.05, 4.69) is 31.4 Å². The fourth-order valence-corrected chi connectivity index (χ4v) is 2.64. The maximum atomic E-state index is 11.1. The van der Waals surface area contributed by atoms with Gasteiger partial charge >= 0.3 is 0 Å². The van der Waals surface area contributed by atoms with Crippen molar-refractivity contribution in [2.45, 2.75) is 6.92 Å².